The van der Waals surface area contributed by atoms with E-state index < -0.39 is 5.82 Å². The molecule has 2 rings (SSSR count). The lowest BCUT2D eigenvalue weighted by atomic mass is 10.3. The van der Waals surface area contributed by atoms with Gasteiger partial charge >= 0.3 is 6.01 Å². The van der Waals surface area contributed by atoms with Crippen LogP contribution in [0.2, 0.25) is 0 Å². The summed E-state index contributed by atoms with van der Waals surface area (Å²) in [5, 5.41) is 3.13. The summed E-state index contributed by atoms with van der Waals surface area (Å²) in [6, 6.07) is 0.137. The maximum atomic E-state index is 12.7. The summed E-state index contributed by atoms with van der Waals surface area (Å²) >= 11 is 0. The molecule has 6 heteroatoms. The largest absolute Gasteiger partial charge is 0.459 e. The van der Waals surface area contributed by atoms with Gasteiger partial charge in [0.05, 0.1) is 6.20 Å². The van der Waals surface area contributed by atoms with Gasteiger partial charge < -0.3 is 15.8 Å². The Morgan fingerprint density at radius 1 is 1.64 bits per heavy atom. The van der Waals surface area contributed by atoms with Crippen LogP contribution in [0.25, 0.3) is 0 Å². The molecule has 1 saturated heterocycles. The summed E-state index contributed by atoms with van der Waals surface area (Å²) in [5.74, 6) is -0.803. The van der Waals surface area contributed by atoms with Crippen molar-refractivity contribution in [1.29, 1.82) is 0 Å². The lowest BCUT2D eigenvalue weighted by molar-refractivity contribution is 0.204. The summed E-state index contributed by atoms with van der Waals surface area (Å²) in [4.78, 5) is 7.36. The first-order valence-electron chi connectivity index (χ1n) is 4.41. The van der Waals surface area contributed by atoms with E-state index in [9.17, 15) is 4.39 Å². The number of halogens is 1. The van der Waals surface area contributed by atoms with E-state index in [1.807, 2.05) is 0 Å². The molecule has 5 nitrogen and oxygen atoms in total. The number of nitrogen functional groups attached to an aromatic ring is 1. The average Bonchev–Trinajstić information content (AvgIpc) is 2.64. The van der Waals surface area contributed by atoms with Crippen molar-refractivity contribution in [3.8, 4) is 6.01 Å². The fourth-order valence-electron chi connectivity index (χ4n) is 1.30. The zero-order valence-corrected chi connectivity index (χ0v) is 7.53. The molecule has 1 fully saturated rings. The van der Waals surface area contributed by atoms with E-state index in [4.69, 9.17) is 10.5 Å². The number of hydrogen-bond donors (Lipinski definition) is 2. The zero-order chi connectivity index (χ0) is 9.97. The van der Waals surface area contributed by atoms with Crippen LogP contribution in [0.1, 0.15) is 6.42 Å². The third-order valence-corrected chi connectivity index (χ3v) is 2.04. The van der Waals surface area contributed by atoms with E-state index in [0.717, 1.165) is 25.7 Å². The van der Waals surface area contributed by atoms with Gasteiger partial charge in [0, 0.05) is 6.54 Å². The summed E-state index contributed by atoms with van der Waals surface area (Å²) < 4.78 is 18.1. The van der Waals surface area contributed by atoms with Gasteiger partial charge in [-0.25, -0.2) is 9.37 Å². The molecule has 1 aromatic heterocycles. The first-order chi connectivity index (χ1) is 6.75. The molecular weight excluding hydrogens is 187 g/mol. The molecule has 0 aliphatic carbocycles. The molecule has 3 N–H and O–H groups in total. The van der Waals surface area contributed by atoms with Crippen LogP contribution in [-0.4, -0.2) is 29.2 Å². The van der Waals surface area contributed by atoms with Gasteiger partial charge in [-0.15, -0.1) is 0 Å². The monoisotopic (exact) mass is 198 g/mol. The lowest BCUT2D eigenvalue weighted by Gasteiger charge is -2.10. The maximum absolute atomic E-state index is 12.7. The highest BCUT2D eigenvalue weighted by Crippen LogP contribution is 2.12. The Kier molecular flexibility index (Phi) is 2.45. The molecular formula is C8H11FN4O. The topological polar surface area (TPSA) is 73.1 Å². The van der Waals surface area contributed by atoms with Crippen LogP contribution in [0.15, 0.2) is 6.20 Å². The van der Waals surface area contributed by atoms with Gasteiger partial charge in [-0.05, 0) is 13.0 Å². The van der Waals surface area contributed by atoms with Gasteiger partial charge in [0.1, 0.15) is 6.10 Å². The molecule has 76 valence electrons. The number of nitrogens with one attached hydrogen (secondary N) is 1. The normalized spacial score (nSPS) is 21.1. The van der Waals surface area contributed by atoms with Crippen molar-refractivity contribution >= 4 is 5.82 Å². The standard InChI is InChI=1S/C8H11FN4O/c9-6-4-12-8(13-7(6)10)14-5-1-2-11-3-5/h4-5,11H,1-3H2,(H2,10,12,13). The van der Waals surface area contributed by atoms with Crippen molar-refractivity contribution in [2.75, 3.05) is 18.8 Å². The van der Waals surface area contributed by atoms with Crippen molar-refractivity contribution in [1.82, 2.24) is 15.3 Å². The third-order valence-electron chi connectivity index (χ3n) is 2.04. The first kappa shape index (κ1) is 9.14. The van der Waals surface area contributed by atoms with E-state index in [1.54, 1.807) is 0 Å². The molecule has 0 spiro atoms. The Labute approximate surface area is 80.5 Å². The smallest absolute Gasteiger partial charge is 0.318 e. The van der Waals surface area contributed by atoms with Crippen molar-refractivity contribution in [3.63, 3.8) is 0 Å². The van der Waals surface area contributed by atoms with Gasteiger partial charge in [0.25, 0.3) is 0 Å². The van der Waals surface area contributed by atoms with Gasteiger partial charge in [-0.1, -0.05) is 0 Å². The van der Waals surface area contributed by atoms with Crippen LogP contribution in [0.4, 0.5) is 10.2 Å². The van der Waals surface area contributed by atoms with Gasteiger partial charge in [0.15, 0.2) is 11.6 Å². The van der Waals surface area contributed by atoms with Gasteiger partial charge in [-0.3, -0.25) is 0 Å². The predicted molar refractivity (Wildman–Crippen MR) is 48.3 cm³/mol. The van der Waals surface area contributed by atoms with Crippen LogP contribution in [-0.2, 0) is 0 Å². The quantitative estimate of drug-likeness (QED) is 0.696. The molecule has 0 aromatic carbocycles. The van der Waals surface area contributed by atoms with E-state index in [1.165, 1.54) is 0 Å². The molecule has 0 saturated carbocycles. The second kappa shape index (κ2) is 3.75. The molecule has 1 aromatic rings. The summed E-state index contributed by atoms with van der Waals surface area (Å²) in [6.45, 7) is 1.68. The summed E-state index contributed by atoms with van der Waals surface area (Å²) in [5.41, 5.74) is 5.27. The predicted octanol–water partition coefficient (Wildman–Crippen LogP) is -0.0614. The highest BCUT2D eigenvalue weighted by atomic mass is 19.1. The molecule has 1 atom stereocenters. The molecule has 0 amide bonds. The van der Waals surface area contributed by atoms with Gasteiger partial charge in [-0.2, -0.15) is 4.98 Å². The molecule has 0 radical (unpaired) electrons. The van der Waals surface area contributed by atoms with Crippen molar-refractivity contribution < 1.29 is 9.13 Å². The Morgan fingerprint density at radius 3 is 3.14 bits per heavy atom. The van der Waals surface area contributed by atoms with Crippen LogP contribution in [0.5, 0.6) is 6.01 Å². The highest BCUT2D eigenvalue weighted by molar-refractivity contribution is 5.29. The second-order valence-electron chi connectivity index (χ2n) is 3.12. The summed E-state index contributed by atoms with van der Waals surface area (Å²) in [7, 11) is 0. The molecule has 2 heterocycles. The van der Waals surface area contributed by atoms with Crippen LogP contribution >= 0.6 is 0 Å². The number of nitrogens with two attached hydrogens (primary N) is 1. The van der Waals surface area contributed by atoms with Crippen LogP contribution in [0.3, 0.4) is 0 Å². The number of hydrogen-bond acceptors (Lipinski definition) is 5. The van der Waals surface area contributed by atoms with E-state index in [2.05, 4.69) is 15.3 Å². The Morgan fingerprint density at radius 2 is 2.50 bits per heavy atom. The SMILES string of the molecule is Nc1nc(OC2CCNC2)ncc1F. The molecule has 1 aliphatic heterocycles. The Bertz CT molecular complexity index is 327. The van der Waals surface area contributed by atoms with Crippen LogP contribution < -0.4 is 15.8 Å². The van der Waals surface area contributed by atoms with Gasteiger partial charge in [0.2, 0.25) is 0 Å². The third kappa shape index (κ3) is 1.90. The number of aromatic nitrogens is 2. The van der Waals surface area contributed by atoms with Crippen molar-refractivity contribution in [2.24, 2.45) is 0 Å². The molecule has 1 aliphatic rings. The van der Waals surface area contributed by atoms with E-state index in [-0.39, 0.29) is 17.9 Å². The minimum atomic E-state index is -0.623. The minimum absolute atomic E-state index is 0.0554. The first-order valence-corrected chi connectivity index (χ1v) is 4.41. The van der Waals surface area contributed by atoms with E-state index >= 15 is 0 Å². The second-order valence-corrected chi connectivity index (χ2v) is 3.12. The van der Waals surface area contributed by atoms with E-state index in [0.29, 0.717) is 0 Å². The molecule has 14 heavy (non-hydrogen) atoms. The fourth-order valence-corrected chi connectivity index (χ4v) is 1.30. The zero-order valence-electron chi connectivity index (χ0n) is 7.53. The average molecular weight is 198 g/mol. The number of nitrogens with zero attached hydrogens (tertiary/aromatic N) is 2. The highest BCUT2D eigenvalue weighted by Gasteiger charge is 2.17. The Balaban J connectivity index is 2.05. The van der Waals surface area contributed by atoms with Crippen molar-refractivity contribution in [3.05, 3.63) is 12.0 Å². The molecule has 0 bridgehead atoms. The number of rotatable bonds is 2. The minimum Gasteiger partial charge on any atom is -0.459 e. The van der Waals surface area contributed by atoms with Crippen molar-refractivity contribution in [2.45, 2.75) is 12.5 Å². The maximum Gasteiger partial charge on any atom is 0.318 e. The number of anilines is 1. The van der Waals surface area contributed by atoms with Crippen LogP contribution in [0, 0.1) is 5.82 Å². The summed E-state index contributed by atoms with van der Waals surface area (Å²) in [6.07, 6.45) is 1.97. The lowest BCUT2D eigenvalue weighted by Crippen LogP contribution is -2.21. The molecule has 1 unspecified atom stereocenters. The number of ether oxygens (including phenoxy) is 1. The fraction of sp³-hybridized carbons (Fsp3) is 0.500. The Hall–Kier alpha value is -1.43.